The van der Waals surface area contributed by atoms with Gasteiger partial charge in [-0.1, -0.05) is 40.7 Å². The van der Waals surface area contributed by atoms with Crippen molar-refractivity contribution in [1.82, 2.24) is 9.80 Å². The summed E-state index contributed by atoms with van der Waals surface area (Å²) in [5.41, 5.74) is 2.12. The first-order valence-corrected chi connectivity index (χ1v) is 12.4. The first kappa shape index (κ1) is 25.2. The van der Waals surface area contributed by atoms with Gasteiger partial charge in [0.05, 0.1) is 24.8 Å². The number of ketones is 1. The molecule has 0 aliphatic carbocycles. The van der Waals surface area contributed by atoms with E-state index in [1.165, 1.54) is 0 Å². The molecule has 1 N–H and O–H groups in total. The molecular weight excluding hydrogens is 512 g/mol. The number of rotatable bonds is 8. The first-order chi connectivity index (χ1) is 16.9. The van der Waals surface area contributed by atoms with E-state index in [4.69, 9.17) is 9.47 Å². The SMILES string of the molecule is C=CCOc1ccc(C(O)=C2C(=O)C(=O)N(CCN3CCOCC3)[C@@H]2c2ccc(Br)cc2)cc1C. The van der Waals surface area contributed by atoms with E-state index in [2.05, 4.69) is 27.4 Å². The number of halogens is 1. The molecule has 8 heteroatoms. The molecule has 2 aliphatic rings. The Hall–Kier alpha value is -2.94. The molecule has 35 heavy (non-hydrogen) atoms. The van der Waals surface area contributed by atoms with Crippen LogP contribution in [0, 0.1) is 6.92 Å². The van der Waals surface area contributed by atoms with Gasteiger partial charge in [0.2, 0.25) is 0 Å². The van der Waals surface area contributed by atoms with Gasteiger partial charge < -0.3 is 19.5 Å². The van der Waals surface area contributed by atoms with Gasteiger partial charge in [-0.05, 0) is 48.4 Å². The summed E-state index contributed by atoms with van der Waals surface area (Å²) in [6.07, 6.45) is 1.66. The summed E-state index contributed by atoms with van der Waals surface area (Å²) < 4.78 is 11.9. The zero-order chi connectivity index (χ0) is 24.9. The zero-order valence-corrected chi connectivity index (χ0v) is 21.3. The van der Waals surface area contributed by atoms with E-state index in [0.29, 0.717) is 44.2 Å². The van der Waals surface area contributed by atoms with Crippen LogP contribution in [0.5, 0.6) is 5.75 Å². The van der Waals surface area contributed by atoms with E-state index in [1.54, 1.807) is 29.2 Å². The number of morpholine rings is 1. The van der Waals surface area contributed by atoms with Crippen molar-refractivity contribution in [2.24, 2.45) is 0 Å². The lowest BCUT2D eigenvalue weighted by Crippen LogP contribution is -2.42. The number of Topliss-reactive ketones (excluding diaryl/α,β-unsaturated/α-hetero) is 1. The predicted molar refractivity (Wildman–Crippen MR) is 137 cm³/mol. The number of aliphatic hydroxyl groups excluding tert-OH is 1. The highest BCUT2D eigenvalue weighted by molar-refractivity contribution is 9.10. The average Bonchev–Trinajstić information content (AvgIpc) is 3.12. The van der Waals surface area contributed by atoms with Crippen molar-refractivity contribution >= 4 is 33.4 Å². The van der Waals surface area contributed by atoms with Crippen molar-refractivity contribution in [1.29, 1.82) is 0 Å². The number of hydrogen-bond donors (Lipinski definition) is 1. The second-order valence-electron chi connectivity index (χ2n) is 8.58. The van der Waals surface area contributed by atoms with Crippen molar-refractivity contribution in [3.63, 3.8) is 0 Å². The Morgan fingerprint density at radius 2 is 1.89 bits per heavy atom. The fourth-order valence-electron chi connectivity index (χ4n) is 4.44. The first-order valence-electron chi connectivity index (χ1n) is 11.6. The summed E-state index contributed by atoms with van der Waals surface area (Å²) in [5, 5.41) is 11.3. The van der Waals surface area contributed by atoms with Crippen molar-refractivity contribution in [3.8, 4) is 5.75 Å². The Morgan fingerprint density at radius 1 is 1.17 bits per heavy atom. The van der Waals surface area contributed by atoms with Crippen LogP contribution >= 0.6 is 15.9 Å². The van der Waals surface area contributed by atoms with Gasteiger partial charge in [-0.3, -0.25) is 14.5 Å². The summed E-state index contributed by atoms with van der Waals surface area (Å²) in [5.74, 6) is -0.808. The maximum atomic E-state index is 13.2. The predicted octanol–water partition coefficient (Wildman–Crippen LogP) is 4.08. The van der Waals surface area contributed by atoms with Crippen LogP contribution < -0.4 is 4.74 Å². The maximum absolute atomic E-state index is 13.2. The lowest BCUT2D eigenvalue weighted by molar-refractivity contribution is -0.140. The number of aliphatic hydroxyl groups is 1. The summed E-state index contributed by atoms with van der Waals surface area (Å²) in [4.78, 5) is 30.2. The topological polar surface area (TPSA) is 79.3 Å². The summed E-state index contributed by atoms with van der Waals surface area (Å²) in [7, 11) is 0. The maximum Gasteiger partial charge on any atom is 0.295 e. The van der Waals surface area contributed by atoms with Gasteiger partial charge in [-0.2, -0.15) is 0 Å². The Bertz CT molecular complexity index is 1140. The minimum atomic E-state index is -0.680. The molecule has 2 aromatic carbocycles. The van der Waals surface area contributed by atoms with Gasteiger partial charge in [0, 0.05) is 36.2 Å². The highest BCUT2D eigenvalue weighted by Gasteiger charge is 2.46. The van der Waals surface area contributed by atoms with E-state index < -0.39 is 17.7 Å². The Morgan fingerprint density at radius 3 is 2.54 bits per heavy atom. The van der Waals surface area contributed by atoms with Gasteiger partial charge in [0.15, 0.2) is 0 Å². The van der Waals surface area contributed by atoms with Crippen molar-refractivity contribution in [2.45, 2.75) is 13.0 Å². The largest absolute Gasteiger partial charge is 0.507 e. The van der Waals surface area contributed by atoms with Crippen LogP contribution in [0.3, 0.4) is 0 Å². The summed E-state index contributed by atoms with van der Waals surface area (Å²) in [6, 6.07) is 12.0. The fraction of sp³-hybridized carbons (Fsp3) is 0.333. The Labute approximate surface area is 213 Å². The molecule has 0 spiro atoms. The molecule has 1 amide bonds. The zero-order valence-electron chi connectivity index (χ0n) is 19.7. The van der Waals surface area contributed by atoms with Crippen LogP contribution in [0.25, 0.3) is 5.76 Å². The monoisotopic (exact) mass is 540 g/mol. The molecule has 1 atom stereocenters. The molecule has 2 saturated heterocycles. The average molecular weight is 541 g/mol. The third-order valence-electron chi connectivity index (χ3n) is 6.29. The van der Waals surface area contributed by atoms with Gasteiger partial charge >= 0.3 is 0 Å². The highest BCUT2D eigenvalue weighted by atomic mass is 79.9. The number of hydrogen-bond acceptors (Lipinski definition) is 6. The second kappa shape index (κ2) is 11.2. The van der Waals surface area contributed by atoms with Crippen LogP contribution in [0.1, 0.15) is 22.7 Å². The number of amides is 1. The van der Waals surface area contributed by atoms with Gasteiger partial charge in [0.25, 0.3) is 11.7 Å². The number of ether oxygens (including phenoxy) is 2. The number of aryl methyl sites for hydroxylation is 1. The quantitative estimate of drug-likeness (QED) is 0.235. The van der Waals surface area contributed by atoms with Crippen LogP contribution in [0.15, 0.2) is 65.2 Å². The molecule has 0 radical (unpaired) electrons. The molecule has 2 aromatic rings. The van der Waals surface area contributed by atoms with Crippen LogP contribution in [0.2, 0.25) is 0 Å². The van der Waals surface area contributed by atoms with E-state index in [-0.39, 0.29) is 11.3 Å². The molecule has 184 valence electrons. The molecule has 0 saturated carbocycles. The number of carbonyl (C=O) groups is 2. The third kappa shape index (κ3) is 5.50. The standard InChI is InChI=1S/C27H29BrN2O5/c1-3-14-35-22-9-6-20(17-18(22)2)25(31)23-24(19-4-7-21(28)8-5-19)30(27(33)26(23)32)11-10-29-12-15-34-16-13-29/h3-9,17,24,31H,1,10-16H2,2H3/t24-/m1/s1. The van der Waals surface area contributed by atoms with Crippen LogP contribution in [-0.4, -0.2) is 72.6 Å². The third-order valence-corrected chi connectivity index (χ3v) is 6.82. The molecule has 2 fully saturated rings. The minimum Gasteiger partial charge on any atom is -0.507 e. The molecule has 0 bridgehead atoms. The van der Waals surface area contributed by atoms with E-state index in [9.17, 15) is 14.7 Å². The molecule has 2 aliphatic heterocycles. The van der Waals surface area contributed by atoms with Crippen molar-refractivity contribution in [2.75, 3.05) is 46.0 Å². The van der Waals surface area contributed by atoms with Gasteiger partial charge in [-0.15, -0.1) is 0 Å². The molecule has 7 nitrogen and oxygen atoms in total. The molecule has 2 heterocycles. The smallest absolute Gasteiger partial charge is 0.295 e. The van der Waals surface area contributed by atoms with Crippen molar-refractivity contribution < 1.29 is 24.2 Å². The van der Waals surface area contributed by atoms with Crippen LogP contribution in [0.4, 0.5) is 0 Å². The Balaban J connectivity index is 1.71. The summed E-state index contributed by atoms with van der Waals surface area (Å²) >= 11 is 3.44. The highest BCUT2D eigenvalue weighted by Crippen LogP contribution is 2.40. The number of benzene rings is 2. The number of likely N-dealkylation sites (tertiary alicyclic amines) is 1. The number of nitrogens with zero attached hydrogens (tertiary/aromatic N) is 2. The van der Waals surface area contributed by atoms with E-state index >= 15 is 0 Å². The lowest BCUT2D eigenvalue weighted by atomic mass is 9.95. The van der Waals surface area contributed by atoms with Crippen LogP contribution in [-0.2, 0) is 14.3 Å². The van der Waals surface area contributed by atoms with E-state index in [1.807, 2.05) is 31.2 Å². The fourth-order valence-corrected chi connectivity index (χ4v) is 4.70. The molecule has 0 aromatic heterocycles. The minimum absolute atomic E-state index is 0.0958. The number of carbonyl (C=O) groups excluding carboxylic acids is 2. The molecule has 4 rings (SSSR count). The van der Waals surface area contributed by atoms with Gasteiger partial charge in [-0.25, -0.2) is 0 Å². The van der Waals surface area contributed by atoms with E-state index in [0.717, 1.165) is 28.7 Å². The summed E-state index contributed by atoms with van der Waals surface area (Å²) in [6.45, 7) is 9.75. The molecular formula is C27H29BrN2O5. The van der Waals surface area contributed by atoms with Gasteiger partial charge in [0.1, 0.15) is 18.1 Å². The lowest BCUT2D eigenvalue weighted by Gasteiger charge is -2.31. The second-order valence-corrected chi connectivity index (χ2v) is 9.49. The molecule has 0 unspecified atom stereocenters. The Kier molecular flexibility index (Phi) is 8.05. The van der Waals surface area contributed by atoms with Crippen molar-refractivity contribution in [3.05, 3.63) is 81.9 Å². The normalized spacial score (nSPS) is 20.3.